The van der Waals surface area contributed by atoms with Crippen LogP contribution in [0.25, 0.3) is 0 Å². The molecule has 1 saturated carbocycles. The highest BCUT2D eigenvalue weighted by molar-refractivity contribution is 6.27. The topological polar surface area (TPSA) is 113 Å². The van der Waals surface area contributed by atoms with E-state index in [0.29, 0.717) is 11.8 Å². The Morgan fingerprint density at radius 3 is 2.14 bits per heavy atom. The number of carboxylic acid groups (broad SMARTS) is 2. The van der Waals surface area contributed by atoms with Crippen LogP contribution in [0.1, 0.15) is 40.0 Å². The summed E-state index contributed by atoms with van der Waals surface area (Å²) in [6, 6.07) is -0.0447. The fraction of sp³-hybridized carbons (Fsp3) is 0.786. The Hall–Kier alpha value is -1.63. The number of hydrogen-bond donors (Lipinski definition) is 3. The molecule has 2 fully saturated rings. The van der Waals surface area contributed by atoms with E-state index >= 15 is 0 Å². The highest BCUT2D eigenvalue weighted by Crippen LogP contribution is 2.38. The van der Waals surface area contributed by atoms with Crippen molar-refractivity contribution in [3.8, 4) is 0 Å². The van der Waals surface area contributed by atoms with Crippen LogP contribution in [0.3, 0.4) is 0 Å². The minimum atomic E-state index is -1.82. The van der Waals surface area contributed by atoms with Crippen molar-refractivity contribution in [2.75, 3.05) is 6.54 Å². The van der Waals surface area contributed by atoms with Gasteiger partial charge in [0.2, 0.25) is 0 Å². The van der Waals surface area contributed by atoms with Crippen molar-refractivity contribution in [2.24, 2.45) is 11.8 Å². The Labute approximate surface area is 123 Å². The summed E-state index contributed by atoms with van der Waals surface area (Å²) < 4.78 is 5.43. The van der Waals surface area contributed by atoms with Gasteiger partial charge in [0.05, 0.1) is 0 Å². The summed E-state index contributed by atoms with van der Waals surface area (Å²) in [4.78, 5) is 30.1. The summed E-state index contributed by atoms with van der Waals surface area (Å²) in [7, 11) is 0. The van der Waals surface area contributed by atoms with Crippen molar-refractivity contribution in [3.05, 3.63) is 0 Å². The molecule has 2 aliphatic rings. The molecule has 120 valence electrons. The number of fused-ring (bicyclic) bond motifs is 1. The lowest BCUT2D eigenvalue weighted by Crippen LogP contribution is -2.40. The number of carbonyl (C=O) groups is 3. The second kappa shape index (κ2) is 6.89. The van der Waals surface area contributed by atoms with E-state index in [-0.39, 0.29) is 17.6 Å². The second-order valence-corrected chi connectivity index (χ2v) is 6.38. The molecule has 0 aromatic heterocycles. The second-order valence-electron chi connectivity index (χ2n) is 6.38. The maximum Gasteiger partial charge on any atom is 0.414 e. The molecule has 1 heterocycles. The van der Waals surface area contributed by atoms with E-state index in [1.54, 1.807) is 0 Å². The molecule has 3 N–H and O–H groups in total. The first kappa shape index (κ1) is 17.4. The zero-order chi connectivity index (χ0) is 16.2. The van der Waals surface area contributed by atoms with Crippen molar-refractivity contribution >= 4 is 17.9 Å². The van der Waals surface area contributed by atoms with Crippen LogP contribution in [0.5, 0.6) is 0 Å². The fourth-order valence-corrected chi connectivity index (χ4v) is 2.81. The molecule has 0 aromatic rings. The number of hydrogen-bond acceptors (Lipinski definition) is 5. The molecule has 7 nitrogen and oxygen atoms in total. The van der Waals surface area contributed by atoms with E-state index in [0.717, 1.165) is 6.54 Å². The number of nitrogens with one attached hydrogen (secondary N) is 1. The number of esters is 1. The quantitative estimate of drug-likeness (QED) is 0.486. The molecule has 0 spiro atoms. The zero-order valence-corrected chi connectivity index (χ0v) is 12.6. The molecule has 0 amide bonds. The van der Waals surface area contributed by atoms with Gasteiger partial charge in [-0.15, -0.1) is 0 Å². The minimum absolute atomic E-state index is 0.0447. The first-order valence-corrected chi connectivity index (χ1v) is 7.04. The van der Waals surface area contributed by atoms with Crippen LogP contribution in [0.2, 0.25) is 0 Å². The summed E-state index contributed by atoms with van der Waals surface area (Å²) in [6.07, 6.45) is 3.73. The van der Waals surface area contributed by atoms with Crippen LogP contribution >= 0.6 is 0 Å². The predicted octanol–water partition coefficient (Wildman–Crippen LogP) is 0.872. The van der Waals surface area contributed by atoms with Gasteiger partial charge >= 0.3 is 17.9 Å². The van der Waals surface area contributed by atoms with E-state index in [1.165, 1.54) is 19.3 Å². The van der Waals surface area contributed by atoms with Crippen LogP contribution in [0, 0.1) is 11.8 Å². The third kappa shape index (κ3) is 5.34. The Morgan fingerprint density at radius 1 is 1.10 bits per heavy atom. The van der Waals surface area contributed by atoms with Crippen molar-refractivity contribution in [1.29, 1.82) is 0 Å². The van der Waals surface area contributed by atoms with E-state index in [4.69, 9.17) is 24.5 Å². The van der Waals surface area contributed by atoms with Crippen molar-refractivity contribution in [1.82, 2.24) is 5.32 Å². The number of carbonyl (C=O) groups excluding carboxylic acids is 1. The molecule has 1 saturated heterocycles. The van der Waals surface area contributed by atoms with Gasteiger partial charge in [0.15, 0.2) is 0 Å². The lowest BCUT2D eigenvalue weighted by Gasteiger charge is -2.24. The van der Waals surface area contributed by atoms with Crippen molar-refractivity contribution in [2.45, 2.75) is 51.7 Å². The van der Waals surface area contributed by atoms with E-state index in [9.17, 15) is 4.79 Å². The fourth-order valence-electron chi connectivity index (χ4n) is 2.81. The third-order valence-electron chi connectivity index (χ3n) is 3.59. The Kier molecular flexibility index (Phi) is 5.71. The van der Waals surface area contributed by atoms with Gasteiger partial charge in [0.1, 0.15) is 11.6 Å². The van der Waals surface area contributed by atoms with Gasteiger partial charge in [0.25, 0.3) is 0 Å². The highest BCUT2D eigenvalue weighted by Gasteiger charge is 2.43. The molecule has 3 atom stereocenters. The molecular formula is C14H23NO6. The molecule has 0 aromatic carbocycles. The molecular weight excluding hydrogens is 278 g/mol. The molecule has 21 heavy (non-hydrogen) atoms. The lowest BCUT2D eigenvalue weighted by molar-refractivity contribution is -0.159. The normalized spacial score (nSPS) is 27.3. The molecule has 2 rings (SSSR count). The van der Waals surface area contributed by atoms with Crippen molar-refractivity contribution in [3.63, 3.8) is 0 Å². The highest BCUT2D eigenvalue weighted by atomic mass is 16.6. The van der Waals surface area contributed by atoms with E-state index in [2.05, 4.69) is 5.32 Å². The summed E-state index contributed by atoms with van der Waals surface area (Å²) in [6.45, 7) is 6.76. The monoisotopic (exact) mass is 301 g/mol. The summed E-state index contributed by atoms with van der Waals surface area (Å²) in [5, 5.41) is 18.1. The predicted molar refractivity (Wildman–Crippen MR) is 73.7 cm³/mol. The first-order chi connectivity index (χ1) is 9.61. The maximum absolute atomic E-state index is 11.9. The number of aliphatic carboxylic acids is 2. The van der Waals surface area contributed by atoms with Crippen LogP contribution in [0.15, 0.2) is 0 Å². The summed E-state index contributed by atoms with van der Waals surface area (Å²) in [5.74, 6) is -2.47. The molecule has 1 aliphatic carbocycles. The molecule has 0 radical (unpaired) electrons. The molecule has 0 unspecified atom stereocenters. The summed E-state index contributed by atoms with van der Waals surface area (Å²) in [5.41, 5.74) is -0.366. The van der Waals surface area contributed by atoms with Gasteiger partial charge in [-0.1, -0.05) is 6.42 Å². The minimum Gasteiger partial charge on any atom is -0.473 e. The van der Waals surface area contributed by atoms with Crippen LogP contribution in [0.4, 0.5) is 0 Å². The average molecular weight is 301 g/mol. The molecule has 0 bridgehead atoms. The van der Waals surface area contributed by atoms with Crippen LogP contribution in [-0.2, 0) is 19.1 Å². The van der Waals surface area contributed by atoms with Gasteiger partial charge in [-0.25, -0.2) is 9.59 Å². The Morgan fingerprint density at radius 2 is 1.67 bits per heavy atom. The first-order valence-electron chi connectivity index (χ1n) is 7.04. The van der Waals surface area contributed by atoms with Crippen molar-refractivity contribution < 1.29 is 29.3 Å². The van der Waals surface area contributed by atoms with Gasteiger partial charge < -0.3 is 20.3 Å². The summed E-state index contributed by atoms with van der Waals surface area (Å²) >= 11 is 0. The Balaban J connectivity index is 0.000000315. The average Bonchev–Trinajstić information content (AvgIpc) is 2.87. The van der Waals surface area contributed by atoms with E-state index < -0.39 is 11.9 Å². The maximum atomic E-state index is 11.9. The molecule has 1 aliphatic heterocycles. The van der Waals surface area contributed by atoms with Gasteiger partial charge in [-0.3, -0.25) is 4.79 Å². The Bertz CT molecular complexity index is 402. The number of carboxylic acids is 2. The smallest absolute Gasteiger partial charge is 0.414 e. The standard InChI is InChI=1S/C12H21NO2.C2H2O4/c1-12(2,3)15-11(14)10-9-6-4-5-8(9)7-13-10;3-1(4)2(5)6/h8-10,13H,4-7H2,1-3H3;(H,3,4)(H,5,6)/t8-,9+,10-;/m0./s1. The van der Waals surface area contributed by atoms with E-state index in [1.807, 2.05) is 20.8 Å². The third-order valence-corrected chi connectivity index (χ3v) is 3.59. The van der Waals surface area contributed by atoms with Gasteiger partial charge in [0, 0.05) is 0 Å². The largest absolute Gasteiger partial charge is 0.473 e. The SMILES string of the molecule is CC(C)(C)OC(=O)[C@H]1NC[C@@H]2CCC[C@H]21.O=C(O)C(=O)O. The number of ether oxygens (including phenoxy) is 1. The van der Waals surface area contributed by atoms with Gasteiger partial charge in [-0.2, -0.15) is 0 Å². The zero-order valence-electron chi connectivity index (χ0n) is 12.6. The lowest BCUT2D eigenvalue weighted by atomic mass is 9.94. The molecule has 7 heteroatoms. The van der Waals surface area contributed by atoms with Crippen LogP contribution in [-0.4, -0.2) is 46.3 Å². The van der Waals surface area contributed by atoms with Crippen LogP contribution < -0.4 is 5.32 Å². The van der Waals surface area contributed by atoms with Gasteiger partial charge in [-0.05, 0) is 52.0 Å². The number of rotatable bonds is 1.